The molecule has 1 aliphatic carbocycles. The van der Waals surface area contributed by atoms with Crippen molar-refractivity contribution < 1.29 is 0 Å². The first-order valence-corrected chi connectivity index (χ1v) is 6.72. The predicted octanol–water partition coefficient (Wildman–Crippen LogP) is 1.01. The maximum atomic E-state index is 4.41. The lowest BCUT2D eigenvalue weighted by atomic mass is 10.3. The number of nitrogens with zero attached hydrogens (tertiary/aromatic N) is 5. The lowest BCUT2D eigenvalue weighted by Crippen LogP contribution is -2.16. The Morgan fingerprint density at radius 1 is 1.50 bits per heavy atom. The Hall–Kier alpha value is -1.47. The SMILES string of the molecule is Cn1nnnc1Sc1ncccc1CNC1CC1. The van der Waals surface area contributed by atoms with Gasteiger partial charge in [0.25, 0.3) is 0 Å². The summed E-state index contributed by atoms with van der Waals surface area (Å²) in [6.45, 7) is 0.853. The van der Waals surface area contributed by atoms with Crippen LogP contribution in [0.1, 0.15) is 18.4 Å². The average Bonchev–Trinajstić information content (AvgIpc) is 3.13. The van der Waals surface area contributed by atoms with Crippen molar-refractivity contribution in [1.82, 2.24) is 30.5 Å². The summed E-state index contributed by atoms with van der Waals surface area (Å²) in [7, 11) is 1.83. The van der Waals surface area contributed by atoms with E-state index in [2.05, 4.69) is 31.9 Å². The molecule has 0 aliphatic heterocycles. The van der Waals surface area contributed by atoms with E-state index in [9.17, 15) is 0 Å². The Bertz CT molecular complexity index is 536. The topological polar surface area (TPSA) is 68.5 Å². The van der Waals surface area contributed by atoms with E-state index < -0.39 is 0 Å². The van der Waals surface area contributed by atoms with Gasteiger partial charge >= 0.3 is 0 Å². The summed E-state index contributed by atoms with van der Waals surface area (Å²) < 4.78 is 1.65. The lowest BCUT2D eigenvalue weighted by Gasteiger charge is -2.07. The molecule has 0 aromatic carbocycles. The van der Waals surface area contributed by atoms with Crippen LogP contribution in [0.15, 0.2) is 28.5 Å². The highest BCUT2D eigenvalue weighted by atomic mass is 32.2. The zero-order valence-electron chi connectivity index (χ0n) is 10.1. The number of rotatable bonds is 5. The van der Waals surface area contributed by atoms with Gasteiger partial charge in [-0.25, -0.2) is 9.67 Å². The van der Waals surface area contributed by atoms with Crippen LogP contribution in [-0.4, -0.2) is 31.2 Å². The van der Waals surface area contributed by atoms with E-state index in [1.165, 1.54) is 30.2 Å². The summed E-state index contributed by atoms with van der Waals surface area (Å²) in [5.74, 6) is 0. The van der Waals surface area contributed by atoms with Gasteiger partial charge in [-0.2, -0.15) is 0 Å². The zero-order chi connectivity index (χ0) is 12.4. The minimum atomic E-state index is 0.694. The highest BCUT2D eigenvalue weighted by Crippen LogP contribution is 2.27. The van der Waals surface area contributed by atoms with Crippen LogP contribution in [0, 0.1) is 0 Å². The second-order valence-electron chi connectivity index (χ2n) is 4.31. The molecule has 2 heterocycles. The molecule has 0 spiro atoms. The van der Waals surface area contributed by atoms with E-state index in [-0.39, 0.29) is 0 Å². The van der Waals surface area contributed by atoms with Crippen LogP contribution in [0.3, 0.4) is 0 Å². The van der Waals surface area contributed by atoms with Gasteiger partial charge in [0, 0.05) is 25.8 Å². The summed E-state index contributed by atoms with van der Waals surface area (Å²) in [6.07, 6.45) is 4.37. The molecule has 0 unspecified atom stereocenters. The summed E-state index contributed by atoms with van der Waals surface area (Å²) in [5.41, 5.74) is 1.19. The smallest absolute Gasteiger partial charge is 0.215 e. The van der Waals surface area contributed by atoms with E-state index in [0.717, 1.165) is 16.7 Å². The van der Waals surface area contributed by atoms with Crippen LogP contribution < -0.4 is 5.32 Å². The largest absolute Gasteiger partial charge is 0.310 e. The van der Waals surface area contributed by atoms with E-state index in [0.29, 0.717) is 6.04 Å². The van der Waals surface area contributed by atoms with Crippen LogP contribution in [0.5, 0.6) is 0 Å². The third-order valence-corrected chi connectivity index (χ3v) is 3.87. The van der Waals surface area contributed by atoms with E-state index in [4.69, 9.17) is 0 Å². The number of aryl methyl sites for hydroxylation is 1. The summed E-state index contributed by atoms with van der Waals surface area (Å²) in [5, 5.41) is 16.6. The molecule has 6 nitrogen and oxygen atoms in total. The highest BCUT2D eigenvalue weighted by Gasteiger charge is 2.20. The van der Waals surface area contributed by atoms with Crippen molar-refractivity contribution in [2.45, 2.75) is 35.6 Å². The molecule has 0 saturated heterocycles. The third kappa shape index (κ3) is 2.68. The molecule has 2 aromatic heterocycles. The molecule has 0 radical (unpaired) electrons. The van der Waals surface area contributed by atoms with Gasteiger partial charge in [-0.05, 0) is 46.7 Å². The first-order valence-electron chi connectivity index (χ1n) is 5.90. The standard InChI is InChI=1S/C11H14N6S/c1-17-11(14-15-16-17)18-10-8(3-2-6-12-10)7-13-9-4-5-9/h2-3,6,9,13H,4-5,7H2,1H3. The monoisotopic (exact) mass is 262 g/mol. The Balaban J connectivity index is 1.75. The van der Waals surface area contributed by atoms with Crippen LogP contribution in [-0.2, 0) is 13.6 Å². The van der Waals surface area contributed by atoms with Crippen molar-refractivity contribution in [3.05, 3.63) is 23.9 Å². The third-order valence-electron chi connectivity index (χ3n) is 2.78. The number of tetrazole rings is 1. The highest BCUT2D eigenvalue weighted by molar-refractivity contribution is 7.99. The normalized spacial score (nSPS) is 14.9. The minimum Gasteiger partial charge on any atom is -0.310 e. The van der Waals surface area contributed by atoms with Crippen LogP contribution in [0.2, 0.25) is 0 Å². The number of hydrogen-bond acceptors (Lipinski definition) is 6. The second kappa shape index (κ2) is 5.03. The van der Waals surface area contributed by atoms with Crippen LogP contribution in [0.25, 0.3) is 0 Å². The molecule has 1 saturated carbocycles. The molecule has 94 valence electrons. The fraction of sp³-hybridized carbons (Fsp3) is 0.455. The molecule has 2 aromatic rings. The number of nitrogens with one attached hydrogen (secondary N) is 1. The summed E-state index contributed by atoms with van der Waals surface area (Å²) in [4.78, 5) is 4.41. The first-order chi connectivity index (χ1) is 8.83. The van der Waals surface area contributed by atoms with E-state index in [1.807, 2.05) is 13.1 Å². The molecule has 18 heavy (non-hydrogen) atoms. The lowest BCUT2D eigenvalue weighted by molar-refractivity contribution is 0.661. The fourth-order valence-electron chi connectivity index (χ4n) is 1.59. The van der Waals surface area contributed by atoms with Crippen molar-refractivity contribution in [2.24, 2.45) is 7.05 Å². The van der Waals surface area contributed by atoms with Gasteiger partial charge in [-0.15, -0.1) is 5.10 Å². The molecule has 0 bridgehead atoms. The minimum absolute atomic E-state index is 0.694. The Morgan fingerprint density at radius 2 is 2.39 bits per heavy atom. The average molecular weight is 262 g/mol. The molecule has 0 amide bonds. The number of hydrogen-bond donors (Lipinski definition) is 1. The molecular weight excluding hydrogens is 248 g/mol. The van der Waals surface area contributed by atoms with Crippen molar-refractivity contribution in [2.75, 3.05) is 0 Å². The van der Waals surface area contributed by atoms with Crippen molar-refractivity contribution in [3.63, 3.8) is 0 Å². The molecular formula is C11H14N6S. The van der Waals surface area contributed by atoms with Gasteiger partial charge < -0.3 is 5.32 Å². The van der Waals surface area contributed by atoms with Gasteiger partial charge in [0.05, 0.1) is 0 Å². The fourth-order valence-corrected chi connectivity index (χ4v) is 2.39. The van der Waals surface area contributed by atoms with Crippen molar-refractivity contribution >= 4 is 11.8 Å². The van der Waals surface area contributed by atoms with Crippen molar-refractivity contribution in [1.29, 1.82) is 0 Å². The maximum Gasteiger partial charge on any atom is 0.215 e. The Kier molecular flexibility index (Phi) is 3.24. The molecule has 1 aliphatic rings. The summed E-state index contributed by atoms with van der Waals surface area (Å²) >= 11 is 1.50. The van der Waals surface area contributed by atoms with Gasteiger partial charge in [-0.1, -0.05) is 6.07 Å². The molecule has 1 N–H and O–H groups in total. The Morgan fingerprint density at radius 3 is 3.11 bits per heavy atom. The molecule has 7 heteroatoms. The van der Waals surface area contributed by atoms with Crippen molar-refractivity contribution in [3.8, 4) is 0 Å². The molecule has 0 atom stereocenters. The van der Waals surface area contributed by atoms with Gasteiger partial charge in [-0.3, -0.25) is 0 Å². The van der Waals surface area contributed by atoms with Crippen LogP contribution in [0.4, 0.5) is 0 Å². The first kappa shape index (κ1) is 11.6. The molecule has 1 fully saturated rings. The summed E-state index contributed by atoms with van der Waals surface area (Å²) in [6, 6.07) is 4.75. The quantitative estimate of drug-likeness (QED) is 0.867. The van der Waals surface area contributed by atoms with E-state index in [1.54, 1.807) is 10.9 Å². The predicted molar refractivity (Wildman–Crippen MR) is 67.0 cm³/mol. The van der Waals surface area contributed by atoms with E-state index >= 15 is 0 Å². The van der Waals surface area contributed by atoms with Crippen LogP contribution >= 0.6 is 11.8 Å². The maximum absolute atomic E-state index is 4.41. The number of aromatic nitrogens is 5. The van der Waals surface area contributed by atoms with Gasteiger partial charge in [0.2, 0.25) is 5.16 Å². The Labute approximate surface area is 109 Å². The van der Waals surface area contributed by atoms with Gasteiger partial charge in [0.15, 0.2) is 0 Å². The molecule has 3 rings (SSSR count). The zero-order valence-corrected chi connectivity index (χ0v) is 10.9. The van der Waals surface area contributed by atoms with Gasteiger partial charge in [0.1, 0.15) is 5.03 Å². The second-order valence-corrected chi connectivity index (χ2v) is 5.27. The number of pyridine rings is 1.